The largest absolute Gasteiger partial charge is 0.495 e. The molecule has 1 aliphatic carbocycles. The Morgan fingerprint density at radius 3 is 2.88 bits per heavy atom. The van der Waals surface area contributed by atoms with Crippen molar-refractivity contribution in [1.82, 2.24) is 4.98 Å². The van der Waals surface area contributed by atoms with Crippen LogP contribution in [0.25, 0.3) is 0 Å². The molecule has 3 heteroatoms. The molecule has 0 aromatic carbocycles. The lowest BCUT2D eigenvalue weighted by molar-refractivity contribution is 0.313. The fraction of sp³-hybridized carbons (Fsp3) is 0.643. The zero-order valence-electron chi connectivity index (χ0n) is 10.6. The second kappa shape index (κ2) is 6.01. The minimum Gasteiger partial charge on any atom is -0.495 e. The van der Waals surface area contributed by atoms with Crippen molar-refractivity contribution in [3.63, 3.8) is 0 Å². The summed E-state index contributed by atoms with van der Waals surface area (Å²) in [6, 6.07) is 3.83. The van der Waals surface area contributed by atoms with E-state index in [1.165, 1.54) is 32.1 Å². The van der Waals surface area contributed by atoms with Crippen LogP contribution in [0.4, 0.5) is 0 Å². The highest BCUT2D eigenvalue weighted by molar-refractivity contribution is 5.29. The van der Waals surface area contributed by atoms with Crippen LogP contribution in [0.1, 0.15) is 50.3 Å². The molecule has 1 aliphatic rings. The standard InChI is InChI=1S/C14H22N2O/c1-17-13-8-5-9-16-14(13)12(15)10-11-6-3-2-4-7-11/h5,8-9,11-12H,2-4,6-7,10,15H2,1H3. The number of hydrogen-bond donors (Lipinski definition) is 1. The summed E-state index contributed by atoms with van der Waals surface area (Å²) < 4.78 is 5.31. The summed E-state index contributed by atoms with van der Waals surface area (Å²) in [4.78, 5) is 4.36. The topological polar surface area (TPSA) is 48.1 Å². The van der Waals surface area contributed by atoms with Crippen molar-refractivity contribution in [2.24, 2.45) is 11.7 Å². The van der Waals surface area contributed by atoms with Gasteiger partial charge in [0.2, 0.25) is 0 Å². The van der Waals surface area contributed by atoms with Crippen LogP contribution in [0.2, 0.25) is 0 Å². The van der Waals surface area contributed by atoms with Gasteiger partial charge in [0, 0.05) is 6.20 Å². The van der Waals surface area contributed by atoms with E-state index in [9.17, 15) is 0 Å². The fourth-order valence-electron chi connectivity index (χ4n) is 2.75. The van der Waals surface area contributed by atoms with Crippen molar-refractivity contribution >= 4 is 0 Å². The molecule has 0 aliphatic heterocycles. The van der Waals surface area contributed by atoms with Gasteiger partial charge in [0.1, 0.15) is 5.75 Å². The second-order valence-corrected chi connectivity index (χ2v) is 4.94. The molecule has 0 radical (unpaired) electrons. The van der Waals surface area contributed by atoms with Gasteiger partial charge in [0.05, 0.1) is 18.8 Å². The van der Waals surface area contributed by atoms with Gasteiger partial charge < -0.3 is 10.5 Å². The Morgan fingerprint density at radius 1 is 1.41 bits per heavy atom. The lowest BCUT2D eigenvalue weighted by Crippen LogP contribution is -2.19. The average molecular weight is 234 g/mol. The summed E-state index contributed by atoms with van der Waals surface area (Å²) >= 11 is 0. The summed E-state index contributed by atoms with van der Waals surface area (Å²) in [6.07, 6.45) is 9.57. The summed E-state index contributed by atoms with van der Waals surface area (Å²) in [5.74, 6) is 1.58. The van der Waals surface area contributed by atoms with Crippen LogP contribution in [0.5, 0.6) is 5.75 Å². The van der Waals surface area contributed by atoms with E-state index in [2.05, 4.69) is 4.98 Å². The van der Waals surface area contributed by atoms with Gasteiger partial charge in [-0.2, -0.15) is 0 Å². The van der Waals surface area contributed by atoms with Crippen molar-refractivity contribution in [2.75, 3.05) is 7.11 Å². The molecule has 1 aromatic heterocycles. The smallest absolute Gasteiger partial charge is 0.141 e. The molecular formula is C14H22N2O. The number of nitrogens with two attached hydrogens (primary N) is 1. The third-order valence-corrected chi connectivity index (χ3v) is 3.68. The van der Waals surface area contributed by atoms with E-state index in [-0.39, 0.29) is 6.04 Å². The Balaban J connectivity index is 2.00. The molecule has 2 rings (SSSR count). The molecule has 0 amide bonds. The highest BCUT2D eigenvalue weighted by Gasteiger charge is 2.20. The quantitative estimate of drug-likeness (QED) is 0.871. The molecular weight excluding hydrogens is 212 g/mol. The number of aromatic nitrogens is 1. The van der Waals surface area contributed by atoms with Crippen LogP contribution >= 0.6 is 0 Å². The SMILES string of the molecule is COc1cccnc1C(N)CC1CCCCC1. The van der Waals surface area contributed by atoms with E-state index >= 15 is 0 Å². The molecule has 0 spiro atoms. The summed E-state index contributed by atoms with van der Waals surface area (Å²) in [5.41, 5.74) is 7.16. The van der Waals surface area contributed by atoms with Gasteiger partial charge in [-0.3, -0.25) is 4.98 Å². The van der Waals surface area contributed by atoms with Gasteiger partial charge in [0.25, 0.3) is 0 Å². The molecule has 17 heavy (non-hydrogen) atoms. The average Bonchev–Trinajstić information content (AvgIpc) is 2.40. The molecule has 1 atom stereocenters. The predicted molar refractivity (Wildman–Crippen MR) is 68.9 cm³/mol. The Hall–Kier alpha value is -1.09. The zero-order valence-corrected chi connectivity index (χ0v) is 10.6. The van der Waals surface area contributed by atoms with Crippen LogP contribution in [0.3, 0.4) is 0 Å². The number of rotatable bonds is 4. The monoisotopic (exact) mass is 234 g/mol. The van der Waals surface area contributed by atoms with Gasteiger partial charge in [-0.1, -0.05) is 32.1 Å². The Kier molecular flexibility index (Phi) is 4.37. The second-order valence-electron chi connectivity index (χ2n) is 4.94. The number of ether oxygens (including phenoxy) is 1. The third kappa shape index (κ3) is 3.19. The maximum absolute atomic E-state index is 6.26. The zero-order chi connectivity index (χ0) is 12.1. The third-order valence-electron chi connectivity index (χ3n) is 3.68. The molecule has 3 nitrogen and oxygen atoms in total. The minimum atomic E-state index is 0.00856. The number of methoxy groups -OCH3 is 1. The van der Waals surface area contributed by atoms with Gasteiger partial charge >= 0.3 is 0 Å². The van der Waals surface area contributed by atoms with Gasteiger partial charge in [-0.15, -0.1) is 0 Å². The summed E-state index contributed by atoms with van der Waals surface area (Å²) in [5, 5.41) is 0. The molecule has 1 saturated carbocycles. The summed E-state index contributed by atoms with van der Waals surface area (Å²) in [6.45, 7) is 0. The van der Waals surface area contributed by atoms with Crippen molar-refractivity contribution in [3.05, 3.63) is 24.0 Å². The van der Waals surface area contributed by atoms with E-state index in [0.29, 0.717) is 0 Å². The van der Waals surface area contributed by atoms with Crippen LogP contribution in [-0.2, 0) is 0 Å². The van der Waals surface area contributed by atoms with Gasteiger partial charge in [0.15, 0.2) is 0 Å². The highest BCUT2D eigenvalue weighted by Crippen LogP contribution is 2.32. The Labute approximate surface area is 103 Å². The maximum Gasteiger partial charge on any atom is 0.141 e. The van der Waals surface area contributed by atoms with Crippen molar-refractivity contribution < 1.29 is 4.74 Å². The maximum atomic E-state index is 6.26. The lowest BCUT2D eigenvalue weighted by Gasteiger charge is -2.24. The van der Waals surface area contributed by atoms with Crippen LogP contribution < -0.4 is 10.5 Å². The number of hydrogen-bond acceptors (Lipinski definition) is 3. The Bertz CT molecular complexity index is 348. The first-order chi connectivity index (χ1) is 8.31. The first kappa shape index (κ1) is 12.4. The number of nitrogens with zero attached hydrogens (tertiary/aromatic N) is 1. The first-order valence-corrected chi connectivity index (χ1v) is 6.55. The normalized spacial score (nSPS) is 18.9. The molecule has 94 valence electrons. The molecule has 2 N–H and O–H groups in total. The molecule has 0 saturated heterocycles. The van der Waals surface area contributed by atoms with E-state index < -0.39 is 0 Å². The van der Waals surface area contributed by atoms with E-state index in [0.717, 1.165) is 23.8 Å². The molecule has 1 heterocycles. The van der Waals surface area contributed by atoms with Crippen molar-refractivity contribution in [3.8, 4) is 5.75 Å². The lowest BCUT2D eigenvalue weighted by atomic mass is 9.84. The minimum absolute atomic E-state index is 0.00856. The first-order valence-electron chi connectivity index (χ1n) is 6.55. The number of pyridine rings is 1. The van der Waals surface area contributed by atoms with E-state index in [1.54, 1.807) is 13.3 Å². The molecule has 0 bridgehead atoms. The summed E-state index contributed by atoms with van der Waals surface area (Å²) in [7, 11) is 1.67. The van der Waals surface area contributed by atoms with E-state index in [4.69, 9.17) is 10.5 Å². The van der Waals surface area contributed by atoms with Crippen molar-refractivity contribution in [1.29, 1.82) is 0 Å². The molecule has 1 unspecified atom stereocenters. The van der Waals surface area contributed by atoms with Crippen LogP contribution in [0, 0.1) is 5.92 Å². The Morgan fingerprint density at radius 2 is 2.18 bits per heavy atom. The van der Waals surface area contributed by atoms with Crippen LogP contribution in [0.15, 0.2) is 18.3 Å². The van der Waals surface area contributed by atoms with Gasteiger partial charge in [-0.25, -0.2) is 0 Å². The highest BCUT2D eigenvalue weighted by atomic mass is 16.5. The predicted octanol–water partition coefficient (Wildman–Crippen LogP) is 3.06. The van der Waals surface area contributed by atoms with E-state index in [1.807, 2.05) is 12.1 Å². The van der Waals surface area contributed by atoms with Crippen LogP contribution in [-0.4, -0.2) is 12.1 Å². The molecule has 1 fully saturated rings. The fourth-order valence-corrected chi connectivity index (χ4v) is 2.75. The van der Waals surface area contributed by atoms with Crippen molar-refractivity contribution in [2.45, 2.75) is 44.6 Å². The molecule has 1 aromatic rings. The van der Waals surface area contributed by atoms with Gasteiger partial charge in [-0.05, 0) is 24.5 Å².